The number of nitrogens with zero attached hydrogens (tertiary/aromatic N) is 4. The second-order valence-electron chi connectivity index (χ2n) is 8.93. The van der Waals surface area contributed by atoms with Crippen LogP contribution in [0.5, 0.6) is 11.9 Å². The third-order valence-corrected chi connectivity index (χ3v) is 7.17. The van der Waals surface area contributed by atoms with Crippen LogP contribution in [0.2, 0.25) is 0 Å². The Morgan fingerprint density at radius 1 is 1.06 bits per heavy atom. The molecular weight excluding hydrogens is 392 g/mol. The number of methoxy groups -OCH3 is 2. The molecule has 1 aromatic heterocycles. The van der Waals surface area contributed by atoms with Crippen LogP contribution in [0.15, 0.2) is 36.4 Å². The summed E-state index contributed by atoms with van der Waals surface area (Å²) in [5, 5.41) is 0. The van der Waals surface area contributed by atoms with E-state index in [-0.39, 0.29) is 6.04 Å². The third-order valence-electron chi connectivity index (χ3n) is 7.17. The molecule has 3 aliphatic heterocycles. The fourth-order valence-electron chi connectivity index (χ4n) is 5.83. The van der Waals surface area contributed by atoms with E-state index in [2.05, 4.69) is 44.0 Å². The van der Waals surface area contributed by atoms with E-state index >= 15 is 0 Å². The molecule has 7 nitrogen and oxygen atoms in total. The summed E-state index contributed by atoms with van der Waals surface area (Å²) in [6.07, 6.45) is 4.85. The molecule has 31 heavy (non-hydrogen) atoms. The molecular formula is C24H30N4O3. The maximum absolute atomic E-state index is 13.0. The molecule has 0 N–H and O–H groups in total. The number of piperidine rings is 3. The number of benzene rings is 1. The van der Waals surface area contributed by atoms with Gasteiger partial charge in [0.05, 0.1) is 14.2 Å². The Hall–Kier alpha value is -2.83. The lowest BCUT2D eigenvalue weighted by Crippen LogP contribution is -2.65. The smallest absolute Gasteiger partial charge is 0.321 e. The topological polar surface area (TPSA) is 67.8 Å². The van der Waals surface area contributed by atoms with Crippen LogP contribution in [-0.4, -0.2) is 60.2 Å². The monoisotopic (exact) mass is 422 g/mol. The maximum atomic E-state index is 13.0. The molecule has 7 heteroatoms. The molecule has 0 saturated carbocycles. The van der Waals surface area contributed by atoms with Crippen LogP contribution in [0.4, 0.5) is 5.82 Å². The summed E-state index contributed by atoms with van der Waals surface area (Å²) in [5.41, 5.74) is 1.30. The second kappa shape index (κ2) is 8.36. The van der Waals surface area contributed by atoms with Crippen LogP contribution >= 0.6 is 0 Å². The van der Waals surface area contributed by atoms with E-state index in [1.54, 1.807) is 14.2 Å². The zero-order chi connectivity index (χ0) is 21.4. The zero-order valence-electron chi connectivity index (χ0n) is 18.2. The van der Waals surface area contributed by atoms with Gasteiger partial charge in [0.1, 0.15) is 5.82 Å². The number of ether oxygens (including phenoxy) is 2. The average molecular weight is 423 g/mol. The molecule has 2 bridgehead atoms. The molecule has 4 heterocycles. The van der Waals surface area contributed by atoms with Gasteiger partial charge in [0.15, 0.2) is 0 Å². The predicted octanol–water partition coefficient (Wildman–Crippen LogP) is 2.94. The van der Waals surface area contributed by atoms with Crippen molar-refractivity contribution < 1.29 is 14.3 Å². The van der Waals surface area contributed by atoms with Gasteiger partial charge in [-0.3, -0.25) is 4.79 Å². The molecule has 3 aliphatic rings. The number of hydrogen-bond donors (Lipinski definition) is 0. The number of hydrogen-bond acceptors (Lipinski definition) is 6. The minimum atomic E-state index is 0.227. The summed E-state index contributed by atoms with van der Waals surface area (Å²) >= 11 is 0. The van der Waals surface area contributed by atoms with Gasteiger partial charge in [-0.2, -0.15) is 9.97 Å². The first-order valence-electron chi connectivity index (χ1n) is 11.2. The Bertz CT molecular complexity index is 915. The fraction of sp³-hybridized carbons (Fsp3) is 0.542. The van der Waals surface area contributed by atoms with Crippen molar-refractivity contribution in [2.45, 2.75) is 44.2 Å². The van der Waals surface area contributed by atoms with Crippen molar-refractivity contribution in [2.24, 2.45) is 11.8 Å². The molecule has 3 fully saturated rings. The number of rotatable bonds is 5. The van der Waals surface area contributed by atoms with Crippen LogP contribution in [0.1, 0.15) is 31.2 Å². The van der Waals surface area contributed by atoms with Crippen molar-refractivity contribution >= 4 is 11.7 Å². The van der Waals surface area contributed by atoms with Gasteiger partial charge in [0.25, 0.3) is 0 Å². The van der Waals surface area contributed by atoms with Crippen LogP contribution < -0.4 is 14.4 Å². The van der Waals surface area contributed by atoms with Gasteiger partial charge in [0.2, 0.25) is 11.8 Å². The lowest BCUT2D eigenvalue weighted by atomic mass is 9.71. The summed E-state index contributed by atoms with van der Waals surface area (Å²) in [4.78, 5) is 26.5. The second-order valence-corrected chi connectivity index (χ2v) is 8.93. The van der Waals surface area contributed by atoms with Crippen LogP contribution in [-0.2, 0) is 11.2 Å². The number of fused-ring (bicyclic) bond motifs is 4. The Kier molecular flexibility index (Phi) is 5.42. The summed E-state index contributed by atoms with van der Waals surface area (Å²) in [7, 11) is 3.18. The molecule has 0 aliphatic carbocycles. The van der Waals surface area contributed by atoms with E-state index in [1.807, 2.05) is 12.1 Å². The fourth-order valence-corrected chi connectivity index (χ4v) is 5.83. The van der Waals surface area contributed by atoms with E-state index < -0.39 is 0 Å². The Morgan fingerprint density at radius 3 is 2.65 bits per heavy atom. The van der Waals surface area contributed by atoms with Gasteiger partial charge in [0, 0.05) is 37.7 Å². The first-order chi connectivity index (χ1) is 15.2. The number of aromatic nitrogens is 2. The molecule has 0 unspecified atom stereocenters. The van der Waals surface area contributed by atoms with E-state index in [4.69, 9.17) is 9.47 Å². The highest BCUT2D eigenvalue weighted by Gasteiger charge is 2.49. The van der Waals surface area contributed by atoms with Gasteiger partial charge < -0.3 is 19.3 Å². The minimum absolute atomic E-state index is 0.227. The molecule has 3 saturated heterocycles. The lowest BCUT2D eigenvalue weighted by Gasteiger charge is -2.57. The highest BCUT2D eigenvalue weighted by Crippen LogP contribution is 2.43. The third kappa shape index (κ3) is 3.82. The van der Waals surface area contributed by atoms with Crippen molar-refractivity contribution in [3.8, 4) is 11.9 Å². The molecule has 4 atom stereocenters. The Labute approximate surface area is 183 Å². The summed E-state index contributed by atoms with van der Waals surface area (Å²) in [6.45, 7) is 1.76. The Balaban J connectivity index is 1.47. The lowest BCUT2D eigenvalue weighted by molar-refractivity contribution is -0.148. The predicted molar refractivity (Wildman–Crippen MR) is 117 cm³/mol. The van der Waals surface area contributed by atoms with Crippen LogP contribution in [0.3, 0.4) is 0 Å². The summed E-state index contributed by atoms with van der Waals surface area (Å²) in [6, 6.07) is 13.3. The summed E-state index contributed by atoms with van der Waals surface area (Å²) < 4.78 is 10.7. The first kappa shape index (κ1) is 20.1. The number of carbonyl (C=O) groups excluding carboxylic acids is 1. The largest absolute Gasteiger partial charge is 0.481 e. The molecule has 1 amide bonds. The van der Waals surface area contributed by atoms with Crippen molar-refractivity contribution in [2.75, 3.05) is 32.2 Å². The zero-order valence-corrected chi connectivity index (χ0v) is 18.2. The average Bonchev–Trinajstić information content (AvgIpc) is 2.82. The van der Waals surface area contributed by atoms with Gasteiger partial charge in [-0.15, -0.1) is 0 Å². The van der Waals surface area contributed by atoms with Crippen molar-refractivity contribution in [3.63, 3.8) is 0 Å². The molecule has 164 valence electrons. The highest BCUT2D eigenvalue weighted by atomic mass is 16.5. The maximum Gasteiger partial charge on any atom is 0.321 e. The SMILES string of the molecule is COc1cc(N2C[C@H]3C[C@@H](C2)[C@H](Cc2ccccc2)N2C(=O)CCC[C@@H]32)nc(OC)n1. The van der Waals surface area contributed by atoms with E-state index in [0.29, 0.717) is 42.1 Å². The molecule has 5 rings (SSSR count). The number of amides is 1. The van der Waals surface area contributed by atoms with Crippen LogP contribution in [0.25, 0.3) is 0 Å². The van der Waals surface area contributed by atoms with Gasteiger partial charge in [-0.1, -0.05) is 30.3 Å². The van der Waals surface area contributed by atoms with Gasteiger partial charge in [-0.25, -0.2) is 0 Å². The molecule has 1 aromatic carbocycles. The van der Waals surface area contributed by atoms with E-state index in [1.165, 1.54) is 12.0 Å². The molecule has 0 radical (unpaired) electrons. The highest BCUT2D eigenvalue weighted by molar-refractivity contribution is 5.78. The molecule has 2 aromatic rings. The molecule has 0 spiro atoms. The van der Waals surface area contributed by atoms with E-state index in [9.17, 15) is 4.79 Å². The number of carbonyl (C=O) groups is 1. The van der Waals surface area contributed by atoms with Crippen LogP contribution in [0, 0.1) is 11.8 Å². The van der Waals surface area contributed by atoms with Crippen molar-refractivity contribution in [3.05, 3.63) is 42.0 Å². The van der Waals surface area contributed by atoms with Crippen molar-refractivity contribution in [1.82, 2.24) is 14.9 Å². The minimum Gasteiger partial charge on any atom is -0.481 e. The van der Waals surface area contributed by atoms with Gasteiger partial charge in [-0.05, 0) is 43.1 Å². The quantitative estimate of drug-likeness (QED) is 0.738. The normalized spacial score (nSPS) is 27.6. The number of anilines is 1. The summed E-state index contributed by atoms with van der Waals surface area (Å²) in [5.74, 6) is 2.55. The van der Waals surface area contributed by atoms with E-state index in [0.717, 1.165) is 38.2 Å². The first-order valence-corrected chi connectivity index (χ1v) is 11.2. The Morgan fingerprint density at radius 2 is 1.87 bits per heavy atom. The standard InChI is InChI=1S/C24H30N4O3/c1-30-22-13-21(25-24(26-22)31-2)27-14-17-12-18(15-27)20(11-16-7-4-3-5-8-16)28-19(17)9-6-10-23(28)29/h3-5,7-8,13,17-20H,6,9-12,14-15H2,1-2H3/t17-,18+,19+,20+/m1/s1. The van der Waals surface area contributed by atoms with Gasteiger partial charge >= 0.3 is 6.01 Å². The van der Waals surface area contributed by atoms with Crippen molar-refractivity contribution in [1.29, 1.82) is 0 Å².